The van der Waals surface area contributed by atoms with Crippen LogP contribution in [-0.2, 0) is 6.54 Å². The molecule has 2 heterocycles. The highest BCUT2D eigenvalue weighted by molar-refractivity contribution is 6.31. The van der Waals surface area contributed by atoms with E-state index >= 15 is 0 Å². The van der Waals surface area contributed by atoms with Gasteiger partial charge in [-0.15, -0.1) is 0 Å². The van der Waals surface area contributed by atoms with E-state index in [-0.39, 0.29) is 5.82 Å². The first-order valence-electron chi connectivity index (χ1n) is 8.05. The second-order valence-electron chi connectivity index (χ2n) is 5.87. The second-order valence-corrected chi connectivity index (χ2v) is 6.30. The van der Waals surface area contributed by atoms with Crippen molar-refractivity contribution in [1.29, 1.82) is 0 Å². The summed E-state index contributed by atoms with van der Waals surface area (Å²) in [5.41, 5.74) is 2.04. The van der Waals surface area contributed by atoms with Crippen molar-refractivity contribution in [2.24, 2.45) is 0 Å². The van der Waals surface area contributed by atoms with E-state index in [1.165, 1.54) is 12.4 Å². The van der Waals surface area contributed by atoms with Gasteiger partial charge in [-0.2, -0.15) is 0 Å². The molecular weight excluding hydrogens is 353 g/mol. The van der Waals surface area contributed by atoms with Crippen LogP contribution in [0.3, 0.4) is 0 Å². The lowest BCUT2D eigenvalue weighted by Crippen LogP contribution is -2.05. The van der Waals surface area contributed by atoms with E-state index in [1.807, 2.05) is 19.1 Å². The SMILES string of the molecule is Cc1nccn1-c1ccc(CNc2ncnc3cc(Cl)ccc23)cc1F. The molecule has 0 unspecified atom stereocenters. The number of aromatic nitrogens is 4. The molecule has 0 fully saturated rings. The van der Waals surface area contributed by atoms with Crippen LogP contribution in [0.15, 0.2) is 55.1 Å². The molecule has 7 heteroatoms. The Hall–Kier alpha value is -2.99. The van der Waals surface area contributed by atoms with Crippen molar-refractivity contribution in [2.45, 2.75) is 13.5 Å². The fourth-order valence-corrected chi connectivity index (χ4v) is 3.01. The zero-order valence-electron chi connectivity index (χ0n) is 13.9. The topological polar surface area (TPSA) is 55.6 Å². The Kier molecular flexibility index (Phi) is 4.26. The van der Waals surface area contributed by atoms with Crippen molar-refractivity contribution < 1.29 is 4.39 Å². The average molecular weight is 368 g/mol. The zero-order chi connectivity index (χ0) is 18.1. The molecular formula is C19H15ClFN5. The predicted molar refractivity (Wildman–Crippen MR) is 100 cm³/mol. The van der Waals surface area contributed by atoms with E-state index in [9.17, 15) is 4.39 Å². The third-order valence-electron chi connectivity index (χ3n) is 4.16. The minimum Gasteiger partial charge on any atom is -0.365 e. The molecule has 5 nitrogen and oxygen atoms in total. The van der Waals surface area contributed by atoms with Crippen molar-refractivity contribution in [2.75, 3.05) is 5.32 Å². The highest BCUT2D eigenvalue weighted by atomic mass is 35.5. The summed E-state index contributed by atoms with van der Waals surface area (Å²) in [4.78, 5) is 12.6. The fourth-order valence-electron chi connectivity index (χ4n) is 2.85. The number of halogens is 2. The maximum absolute atomic E-state index is 14.5. The molecule has 0 spiro atoms. The molecule has 0 amide bonds. The maximum atomic E-state index is 14.5. The highest BCUT2D eigenvalue weighted by Gasteiger charge is 2.09. The molecule has 0 aliphatic rings. The Balaban J connectivity index is 1.57. The number of nitrogens with one attached hydrogen (secondary N) is 1. The number of benzene rings is 2. The molecule has 2 aromatic carbocycles. The van der Waals surface area contributed by atoms with E-state index < -0.39 is 0 Å². The Morgan fingerprint density at radius 3 is 2.77 bits per heavy atom. The lowest BCUT2D eigenvalue weighted by atomic mass is 10.2. The first-order valence-corrected chi connectivity index (χ1v) is 8.42. The molecule has 4 rings (SSSR count). The maximum Gasteiger partial charge on any atom is 0.147 e. The molecule has 0 radical (unpaired) electrons. The van der Waals surface area contributed by atoms with Gasteiger partial charge in [0.05, 0.1) is 11.2 Å². The summed E-state index contributed by atoms with van der Waals surface area (Å²) in [6, 6.07) is 10.6. The van der Waals surface area contributed by atoms with Crippen LogP contribution in [0, 0.1) is 12.7 Å². The Labute approximate surface area is 154 Å². The summed E-state index contributed by atoms with van der Waals surface area (Å²) in [7, 11) is 0. The largest absolute Gasteiger partial charge is 0.365 e. The summed E-state index contributed by atoms with van der Waals surface area (Å²) in [5.74, 6) is 1.12. The molecule has 0 aliphatic heterocycles. The molecule has 0 atom stereocenters. The summed E-state index contributed by atoms with van der Waals surface area (Å²) in [6.45, 7) is 2.27. The van der Waals surface area contributed by atoms with E-state index in [2.05, 4.69) is 20.3 Å². The van der Waals surface area contributed by atoms with Gasteiger partial charge < -0.3 is 9.88 Å². The van der Waals surface area contributed by atoms with Gasteiger partial charge >= 0.3 is 0 Å². The number of aryl methyl sites for hydroxylation is 1. The molecule has 1 N–H and O–H groups in total. The van der Waals surface area contributed by atoms with Crippen LogP contribution in [0.25, 0.3) is 16.6 Å². The minimum atomic E-state index is -0.301. The Morgan fingerprint density at radius 1 is 1.12 bits per heavy atom. The minimum absolute atomic E-state index is 0.301. The number of anilines is 1. The van der Waals surface area contributed by atoms with Gasteiger partial charge in [-0.1, -0.05) is 17.7 Å². The molecule has 0 aliphatic carbocycles. The third kappa shape index (κ3) is 3.11. The van der Waals surface area contributed by atoms with Crippen molar-refractivity contribution >= 4 is 28.3 Å². The van der Waals surface area contributed by atoms with Crippen LogP contribution in [0.4, 0.5) is 10.2 Å². The molecule has 0 saturated heterocycles. The zero-order valence-corrected chi connectivity index (χ0v) is 14.7. The summed E-state index contributed by atoms with van der Waals surface area (Å²) >= 11 is 6.00. The van der Waals surface area contributed by atoms with Crippen LogP contribution in [0.5, 0.6) is 0 Å². The lowest BCUT2D eigenvalue weighted by molar-refractivity contribution is 0.614. The number of hydrogen-bond acceptors (Lipinski definition) is 4. The Bertz CT molecular complexity index is 1090. The van der Waals surface area contributed by atoms with Gasteiger partial charge in [0.25, 0.3) is 0 Å². The van der Waals surface area contributed by atoms with Gasteiger partial charge in [0, 0.05) is 29.3 Å². The fraction of sp³-hybridized carbons (Fsp3) is 0.105. The van der Waals surface area contributed by atoms with E-state index in [1.54, 1.807) is 35.2 Å². The van der Waals surface area contributed by atoms with E-state index in [4.69, 9.17) is 11.6 Å². The van der Waals surface area contributed by atoms with Crippen LogP contribution >= 0.6 is 11.6 Å². The molecule has 2 aromatic heterocycles. The van der Waals surface area contributed by atoms with Gasteiger partial charge in [0.15, 0.2) is 0 Å². The van der Waals surface area contributed by atoms with Crippen LogP contribution in [0.2, 0.25) is 5.02 Å². The third-order valence-corrected chi connectivity index (χ3v) is 4.39. The normalized spacial score (nSPS) is 11.0. The van der Waals surface area contributed by atoms with Crippen molar-refractivity contribution in [3.05, 3.63) is 77.3 Å². The number of fused-ring (bicyclic) bond motifs is 1. The Morgan fingerprint density at radius 2 is 2.00 bits per heavy atom. The number of hydrogen-bond donors (Lipinski definition) is 1. The average Bonchev–Trinajstić information content (AvgIpc) is 3.05. The van der Waals surface area contributed by atoms with Crippen LogP contribution in [-0.4, -0.2) is 19.5 Å². The van der Waals surface area contributed by atoms with Crippen molar-refractivity contribution in [1.82, 2.24) is 19.5 Å². The first-order chi connectivity index (χ1) is 12.6. The highest BCUT2D eigenvalue weighted by Crippen LogP contribution is 2.23. The lowest BCUT2D eigenvalue weighted by Gasteiger charge is -2.11. The quantitative estimate of drug-likeness (QED) is 0.575. The van der Waals surface area contributed by atoms with Gasteiger partial charge in [0.1, 0.15) is 23.8 Å². The first kappa shape index (κ1) is 16.5. The van der Waals surface area contributed by atoms with Crippen molar-refractivity contribution in [3.8, 4) is 5.69 Å². The second kappa shape index (κ2) is 6.72. The summed E-state index contributed by atoms with van der Waals surface area (Å²) in [5, 5.41) is 4.72. The monoisotopic (exact) mass is 367 g/mol. The predicted octanol–water partition coefficient (Wildman–Crippen LogP) is 4.53. The summed E-state index contributed by atoms with van der Waals surface area (Å²) < 4.78 is 16.2. The molecule has 130 valence electrons. The molecule has 0 saturated carbocycles. The standard InChI is InChI=1S/C19H15ClFN5/c1-12-22-6-7-26(12)18-5-2-13(8-16(18)21)10-23-19-15-4-3-14(20)9-17(15)24-11-25-19/h2-9,11H,10H2,1H3,(H,23,24,25). The van der Waals surface area contributed by atoms with Crippen molar-refractivity contribution in [3.63, 3.8) is 0 Å². The van der Waals surface area contributed by atoms with Gasteiger partial charge in [-0.3, -0.25) is 0 Å². The number of rotatable bonds is 4. The van der Waals surface area contributed by atoms with Crippen LogP contribution in [0.1, 0.15) is 11.4 Å². The number of nitrogens with zero attached hydrogens (tertiary/aromatic N) is 4. The molecule has 26 heavy (non-hydrogen) atoms. The van der Waals surface area contributed by atoms with Crippen LogP contribution < -0.4 is 5.32 Å². The number of imidazole rings is 1. The molecule has 4 aromatic rings. The van der Waals surface area contributed by atoms with Gasteiger partial charge in [-0.25, -0.2) is 19.3 Å². The smallest absolute Gasteiger partial charge is 0.147 e. The summed E-state index contributed by atoms with van der Waals surface area (Å²) in [6.07, 6.45) is 4.87. The van der Waals surface area contributed by atoms with Gasteiger partial charge in [-0.05, 0) is 42.8 Å². The van der Waals surface area contributed by atoms with Gasteiger partial charge in [0.2, 0.25) is 0 Å². The molecule has 0 bridgehead atoms. The van der Waals surface area contributed by atoms with E-state index in [0.717, 1.165) is 22.3 Å². The van der Waals surface area contributed by atoms with E-state index in [0.29, 0.717) is 23.1 Å².